The van der Waals surface area contributed by atoms with Gasteiger partial charge in [-0.15, -0.1) is 11.3 Å². The zero-order valence-corrected chi connectivity index (χ0v) is 16.8. The Labute approximate surface area is 172 Å². The van der Waals surface area contributed by atoms with E-state index in [0.29, 0.717) is 16.2 Å². The predicted octanol–water partition coefficient (Wildman–Crippen LogP) is 4.39. The van der Waals surface area contributed by atoms with E-state index < -0.39 is 11.8 Å². The normalized spacial score (nSPS) is 14.9. The van der Waals surface area contributed by atoms with Crippen LogP contribution in [0.3, 0.4) is 0 Å². The lowest BCUT2D eigenvalue weighted by Crippen LogP contribution is -2.27. The molecule has 0 atom stereocenters. The summed E-state index contributed by atoms with van der Waals surface area (Å²) in [5.41, 5.74) is 0.397. The summed E-state index contributed by atoms with van der Waals surface area (Å²) in [7, 11) is 0. The van der Waals surface area contributed by atoms with Crippen molar-refractivity contribution in [1.82, 2.24) is 15.3 Å². The molecule has 1 aliphatic rings. The molecule has 3 N–H and O–H groups in total. The number of carboxylic acids is 1. The molecule has 0 unspecified atom stereocenters. The molecular weight excluding hydrogens is 391 g/mol. The minimum absolute atomic E-state index is 0.193. The number of anilines is 1. The zero-order chi connectivity index (χ0) is 20.2. The lowest BCUT2D eigenvalue weighted by Gasteiger charge is -2.22. The van der Waals surface area contributed by atoms with E-state index in [4.69, 9.17) is 0 Å². The van der Waals surface area contributed by atoms with Crippen molar-refractivity contribution in [1.29, 1.82) is 0 Å². The van der Waals surface area contributed by atoms with Gasteiger partial charge in [-0.25, -0.2) is 19.2 Å². The number of rotatable bonds is 7. The van der Waals surface area contributed by atoms with Gasteiger partial charge in [-0.05, 0) is 62.9 Å². The van der Waals surface area contributed by atoms with Crippen LogP contribution < -0.4 is 10.6 Å². The topological polar surface area (TPSA) is 87.1 Å². The van der Waals surface area contributed by atoms with Crippen LogP contribution in [0.25, 0.3) is 20.7 Å². The number of carbonyl (C=O) groups is 1. The third-order valence-corrected chi connectivity index (χ3v) is 6.41. The number of nitrogens with one attached hydrogen (secondary N) is 2. The van der Waals surface area contributed by atoms with Gasteiger partial charge in [-0.2, -0.15) is 0 Å². The maximum absolute atomic E-state index is 14.4. The van der Waals surface area contributed by atoms with Gasteiger partial charge >= 0.3 is 5.97 Å². The molecule has 152 valence electrons. The fourth-order valence-corrected chi connectivity index (χ4v) is 4.83. The van der Waals surface area contributed by atoms with E-state index in [1.165, 1.54) is 30.4 Å². The maximum atomic E-state index is 14.4. The van der Waals surface area contributed by atoms with Crippen LogP contribution in [0.5, 0.6) is 0 Å². The highest BCUT2D eigenvalue weighted by atomic mass is 32.1. The van der Waals surface area contributed by atoms with Crippen LogP contribution in [0.4, 0.5) is 10.3 Å². The van der Waals surface area contributed by atoms with E-state index in [9.17, 15) is 14.3 Å². The van der Waals surface area contributed by atoms with Gasteiger partial charge in [0.25, 0.3) is 0 Å². The molecule has 8 heteroatoms. The molecule has 0 aliphatic carbocycles. The number of carboxylic acid groups (broad SMARTS) is 1. The molecule has 1 aliphatic heterocycles. The number of halogens is 1. The van der Waals surface area contributed by atoms with Crippen molar-refractivity contribution in [3.05, 3.63) is 41.8 Å². The molecule has 1 saturated heterocycles. The Bertz CT molecular complexity index is 1020. The van der Waals surface area contributed by atoms with E-state index in [2.05, 4.69) is 20.6 Å². The number of aromatic carboxylic acids is 1. The molecule has 3 heterocycles. The Morgan fingerprint density at radius 2 is 2.17 bits per heavy atom. The summed E-state index contributed by atoms with van der Waals surface area (Å²) in [6.45, 7) is 2.94. The smallest absolute Gasteiger partial charge is 0.336 e. The number of nitrogens with zero attached hydrogens (tertiary/aromatic N) is 2. The largest absolute Gasteiger partial charge is 0.478 e. The van der Waals surface area contributed by atoms with Crippen LogP contribution in [0.2, 0.25) is 0 Å². The summed E-state index contributed by atoms with van der Waals surface area (Å²) >= 11 is 1.32. The van der Waals surface area contributed by atoms with Crippen LogP contribution in [-0.2, 0) is 0 Å². The van der Waals surface area contributed by atoms with Crippen molar-refractivity contribution >= 4 is 33.3 Å². The summed E-state index contributed by atoms with van der Waals surface area (Å²) in [5.74, 6) is -0.361. The van der Waals surface area contributed by atoms with Crippen LogP contribution >= 0.6 is 11.3 Å². The molecule has 29 heavy (non-hydrogen) atoms. The van der Waals surface area contributed by atoms with E-state index in [-0.39, 0.29) is 11.3 Å². The molecule has 6 nitrogen and oxygen atoms in total. The number of hydrogen-bond donors (Lipinski definition) is 3. The van der Waals surface area contributed by atoms with Crippen LogP contribution in [0, 0.1) is 11.7 Å². The fourth-order valence-electron chi connectivity index (χ4n) is 3.75. The molecular formula is C21H23FN4O2S. The molecule has 0 spiro atoms. The summed E-state index contributed by atoms with van der Waals surface area (Å²) < 4.78 is 15.2. The van der Waals surface area contributed by atoms with Gasteiger partial charge in [-0.1, -0.05) is 6.07 Å². The summed E-state index contributed by atoms with van der Waals surface area (Å²) in [5, 5.41) is 16.5. The van der Waals surface area contributed by atoms with Crippen molar-refractivity contribution in [2.45, 2.75) is 25.7 Å². The second kappa shape index (κ2) is 8.84. The second-order valence-corrected chi connectivity index (χ2v) is 8.37. The average molecular weight is 415 g/mol. The second-order valence-electron chi connectivity index (χ2n) is 7.29. The molecule has 4 rings (SSSR count). The Balaban J connectivity index is 1.47. The minimum Gasteiger partial charge on any atom is -0.478 e. The number of hydrogen-bond acceptors (Lipinski definition) is 6. The molecule has 1 aromatic carbocycles. The quantitative estimate of drug-likeness (QED) is 0.497. The lowest BCUT2D eigenvalue weighted by atomic mass is 9.93. The van der Waals surface area contributed by atoms with Gasteiger partial charge in [0.1, 0.15) is 5.69 Å². The number of benzene rings is 1. The van der Waals surface area contributed by atoms with Gasteiger partial charge in [-0.3, -0.25) is 0 Å². The van der Waals surface area contributed by atoms with E-state index in [0.717, 1.165) is 43.1 Å². The molecule has 0 radical (unpaired) electrons. The maximum Gasteiger partial charge on any atom is 0.336 e. The first-order chi connectivity index (χ1) is 14.1. The van der Waals surface area contributed by atoms with Crippen molar-refractivity contribution in [2.75, 3.05) is 25.0 Å². The number of piperidine rings is 1. The van der Waals surface area contributed by atoms with Gasteiger partial charge in [0.05, 0.1) is 16.6 Å². The molecule has 0 saturated carbocycles. The standard InChI is InChI=1S/C21H23FN4O2S/c22-16-12-25-21(24-8-2-3-13-6-9-23-10-7-13)26-19(16)18-11-15-14(20(27)28)4-1-5-17(15)29-18/h1,4-5,11-13,23H,2-3,6-10H2,(H,27,28)(H,24,25,26). The highest BCUT2D eigenvalue weighted by Crippen LogP contribution is 2.35. The van der Waals surface area contributed by atoms with Gasteiger partial charge in [0.2, 0.25) is 5.95 Å². The summed E-state index contributed by atoms with van der Waals surface area (Å²) in [6.07, 6.45) is 5.80. The molecule has 0 amide bonds. The first-order valence-electron chi connectivity index (χ1n) is 9.85. The van der Waals surface area contributed by atoms with E-state index >= 15 is 0 Å². The number of fused-ring (bicyclic) bond motifs is 1. The zero-order valence-electron chi connectivity index (χ0n) is 15.9. The third kappa shape index (κ3) is 4.54. The molecule has 0 bridgehead atoms. The monoisotopic (exact) mass is 414 g/mol. The lowest BCUT2D eigenvalue weighted by molar-refractivity contribution is 0.0699. The van der Waals surface area contributed by atoms with E-state index in [1.807, 2.05) is 6.07 Å². The van der Waals surface area contributed by atoms with Gasteiger partial charge < -0.3 is 15.7 Å². The SMILES string of the molecule is O=C(O)c1cccc2sc(-c3nc(NCCCC4CCNCC4)ncc3F)cc12. The fraction of sp³-hybridized carbons (Fsp3) is 0.381. The number of aromatic nitrogens is 2. The van der Waals surface area contributed by atoms with Crippen LogP contribution in [-0.4, -0.2) is 40.7 Å². The van der Waals surface area contributed by atoms with E-state index in [1.54, 1.807) is 18.2 Å². The van der Waals surface area contributed by atoms with Gasteiger partial charge in [0.15, 0.2) is 5.82 Å². The van der Waals surface area contributed by atoms with Gasteiger partial charge in [0, 0.05) is 16.6 Å². The third-order valence-electron chi connectivity index (χ3n) is 5.30. The average Bonchev–Trinajstić information content (AvgIpc) is 3.17. The highest BCUT2D eigenvalue weighted by molar-refractivity contribution is 7.22. The Hall–Kier alpha value is -2.58. The Morgan fingerprint density at radius 3 is 2.97 bits per heavy atom. The number of thiophene rings is 1. The predicted molar refractivity (Wildman–Crippen MR) is 113 cm³/mol. The highest BCUT2D eigenvalue weighted by Gasteiger charge is 2.17. The minimum atomic E-state index is -1.00. The summed E-state index contributed by atoms with van der Waals surface area (Å²) in [4.78, 5) is 20.4. The molecule has 3 aromatic rings. The van der Waals surface area contributed by atoms with Crippen molar-refractivity contribution < 1.29 is 14.3 Å². The van der Waals surface area contributed by atoms with Crippen LogP contribution in [0.15, 0.2) is 30.5 Å². The van der Waals surface area contributed by atoms with Crippen molar-refractivity contribution in [3.8, 4) is 10.6 Å². The van der Waals surface area contributed by atoms with Crippen molar-refractivity contribution in [3.63, 3.8) is 0 Å². The molecule has 1 fully saturated rings. The Kier molecular flexibility index (Phi) is 6.01. The van der Waals surface area contributed by atoms with Crippen molar-refractivity contribution in [2.24, 2.45) is 5.92 Å². The summed E-state index contributed by atoms with van der Waals surface area (Å²) in [6, 6.07) is 6.76. The first kappa shape index (κ1) is 19.7. The first-order valence-corrected chi connectivity index (χ1v) is 10.7. The Morgan fingerprint density at radius 1 is 1.34 bits per heavy atom. The molecule has 2 aromatic heterocycles. The van der Waals surface area contributed by atoms with Crippen LogP contribution in [0.1, 0.15) is 36.0 Å².